The van der Waals surface area contributed by atoms with E-state index in [4.69, 9.17) is 4.74 Å². The molecule has 4 rings (SSSR count). The number of hydrogen-bond donors (Lipinski definition) is 2. The molecule has 2 heterocycles. The molecule has 1 saturated carbocycles. The van der Waals surface area contributed by atoms with Crippen LogP contribution in [-0.4, -0.2) is 40.9 Å². The average Bonchev–Trinajstić information content (AvgIpc) is 3.00. The minimum atomic E-state index is -0.630. The summed E-state index contributed by atoms with van der Waals surface area (Å²) in [5, 5.41) is 5.04. The fourth-order valence-electron chi connectivity index (χ4n) is 4.11. The number of nitrogens with zero attached hydrogens (tertiary/aromatic N) is 1. The molecule has 4 amide bonds. The Labute approximate surface area is 169 Å². The molecule has 0 radical (unpaired) electrons. The first-order valence-electron chi connectivity index (χ1n) is 9.95. The van der Waals surface area contributed by atoms with Crippen molar-refractivity contribution < 1.29 is 23.9 Å². The van der Waals surface area contributed by atoms with Crippen molar-refractivity contribution >= 4 is 23.8 Å². The molecule has 1 saturated heterocycles. The number of imide groups is 1. The molecule has 154 valence electrons. The van der Waals surface area contributed by atoms with Gasteiger partial charge in [-0.25, -0.2) is 4.79 Å². The van der Waals surface area contributed by atoms with Crippen molar-refractivity contribution in [1.29, 1.82) is 0 Å². The van der Waals surface area contributed by atoms with Gasteiger partial charge >= 0.3 is 6.09 Å². The number of nitrogens with one attached hydrogen (secondary N) is 2. The van der Waals surface area contributed by atoms with E-state index >= 15 is 0 Å². The largest absolute Gasteiger partial charge is 0.446 e. The van der Waals surface area contributed by atoms with E-state index in [0.29, 0.717) is 18.5 Å². The molecule has 0 spiro atoms. The number of carbonyl (C=O) groups is 4. The van der Waals surface area contributed by atoms with Gasteiger partial charge in [0, 0.05) is 30.5 Å². The van der Waals surface area contributed by atoms with Gasteiger partial charge in [0.2, 0.25) is 11.8 Å². The maximum Gasteiger partial charge on any atom is 0.407 e. The fourth-order valence-corrected chi connectivity index (χ4v) is 4.11. The predicted molar refractivity (Wildman–Crippen MR) is 103 cm³/mol. The molecule has 1 aromatic rings. The molecule has 0 aromatic heterocycles. The SMILES string of the molecule is CC1(C)CCC1OC(=O)NCc1ccc2c(c1)C(=O)N(C1CCC(=O)NC1=O)C2. The van der Waals surface area contributed by atoms with Gasteiger partial charge in [0.1, 0.15) is 12.1 Å². The van der Waals surface area contributed by atoms with Crippen LogP contribution in [0.25, 0.3) is 0 Å². The number of carbonyl (C=O) groups excluding carboxylic acids is 4. The van der Waals surface area contributed by atoms with Crippen molar-refractivity contribution in [1.82, 2.24) is 15.5 Å². The number of ether oxygens (including phenoxy) is 1. The van der Waals surface area contributed by atoms with E-state index in [9.17, 15) is 19.2 Å². The number of rotatable bonds is 4. The zero-order valence-corrected chi connectivity index (χ0v) is 16.6. The first kappa shape index (κ1) is 19.4. The number of benzene rings is 1. The Morgan fingerprint density at radius 2 is 2.07 bits per heavy atom. The summed E-state index contributed by atoms with van der Waals surface area (Å²) in [5.74, 6) is -0.956. The molecule has 2 unspecified atom stereocenters. The first-order valence-corrected chi connectivity index (χ1v) is 9.95. The van der Waals surface area contributed by atoms with Crippen LogP contribution in [0.3, 0.4) is 0 Å². The lowest BCUT2D eigenvalue weighted by atomic mass is 9.69. The van der Waals surface area contributed by atoms with E-state index in [0.717, 1.165) is 24.0 Å². The molecule has 1 aliphatic carbocycles. The van der Waals surface area contributed by atoms with Crippen LogP contribution in [0.15, 0.2) is 18.2 Å². The standard InChI is InChI=1S/C21H25N3O5/c1-21(2)8-7-16(21)29-20(28)22-10-12-3-4-13-11-24(19(27)14(13)9-12)15-5-6-17(25)23-18(15)26/h3-4,9,15-16H,5-8,10-11H2,1-2H3,(H,22,28)(H,23,25,26). The van der Waals surface area contributed by atoms with Crippen LogP contribution in [0.4, 0.5) is 4.79 Å². The number of fused-ring (bicyclic) bond motifs is 1. The van der Waals surface area contributed by atoms with Crippen molar-refractivity contribution in [3.05, 3.63) is 34.9 Å². The molecular formula is C21H25N3O5. The highest BCUT2D eigenvalue weighted by Gasteiger charge is 2.41. The molecule has 0 bridgehead atoms. The number of alkyl carbamates (subject to hydrolysis) is 1. The molecule has 2 aliphatic heterocycles. The molecule has 3 aliphatic rings. The summed E-state index contributed by atoms with van der Waals surface area (Å²) in [6.45, 7) is 4.75. The second kappa shape index (κ2) is 7.17. The second-order valence-electron chi connectivity index (χ2n) is 8.67. The molecule has 29 heavy (non-hydrogen) atoms. The zero-order chi connectivity index (χ0) is 20.8. The van der Waals surface area contributed by atoms with Gasteiger partial charge in [0.15, 0.2) is 0 Å². The summed E-state index contributed by atoms with van der Waals surface area (Å²) in [7, 11) is 0. The van der Waals surface area contributed by atoms with Crippen molar-refractivity contribution in [2.24, 2.45) is 5.41 Å². The summed E-state index contributed by atoms with van der Waals surface area (Å²) in [4.78, 5) is 49.8. The third kappa shape index (κ3) is 3.71. The van der Waals surface area contributed by atoms with Crippen molar-refractivity contribution in [3.63, 3.8) is 0 Å². The van der Waals surface area contributed by atoms with E-state index in [1.54, 1.807) is 6.07 Å². The topological polar surface area (TPSA) is 105 Å². The van der Waals surface area contributed by atoms with Crippen LogP contribution < -0.4 is 10.6 Å². The van der Waals surface area contributed by atoms with Crippen molar-refractivity contribution in [2.45, 2.75) is 64.8 Å². The number of amides is 4. The second-order valence-corrected chi connectivity index (χ2v) is 8.67. The van der Waals surface area contributed by atoms with E-state index < -0.39 is 18.0 Å². The van der Waals surface area contributed by atoms with Gasteiger partial charge in [0.05, 0.1) is 0 Å². The molecular weight excluding hydrogens is 374 g/mol. The van der Waals surface area contributed by atoms with Crippen LogP contribution in [0.1, 0.15) is 61.0 Å². The fraction of sp³-hybridized carbons (Fsp3) is 0.524. The molecule has 2 atom stereocenters. The monoisotopic (exact) mass is 399 g/mol. The molecule has 2 fully saturated rings. The Kier molecular flexibility index (Phi) is 4.80. The number of piperidine rings is 1. The zero-order valence-electron chi connectivity index (χ0n) is 16.6. The minimum absolute atomic E-state index is 0.0246. The predicted octanol–water partition coefficient (Wildman–Crippen LogP) is 1.86. The normalized spacial score (nSPS) is 25.2. The maximum atomic E-state index is 12.8. The van der Waals surface area contributed by atoms with Crippen LogP contribution in [-0.2, 0) is 27.4 Å². The Hall–Kier alpha value is -2.90. The van der Waals surface area contributed by atoms with Gasteiger partial charge in [-0.2, -0.15) is 0 Å². The molecule has 2 N–H and O–H groups in total. The highest BCUT2D eigenvalue weighted by molar-refractivity contribution is 6.05. The van der Waals surface area contributed by atoms with Gasteiger partial charge in [-0.05, 0) is 36.5 Å². The van der Waals surface area contributed by atoms with Gasteiger partial charge in [-0.1, -0.05) is 26.0 Å². The lowest BCUT2D eigenvalue weighted by Gasteiger charge is -2.43. The van der Waals surface area contributed by atoms with Gasteiger partial charge in [0.25, 0.3) is 5.91 Å². The third-order valence-corrected chi connectivity index (χ3v) is 6.20. The van der Waals surface area contributed by atoms with Crippen LogP contribution >= 0.6 is 0 Å². The Bertz CT molecular complexity index is 894. The lowest BCUT2D eigenvalue weighted by molar-refractivity contribution is -0.136. The quantitative estimate of drug-likeness (QED) is 0.752. The smallest absolute Gasteiger partial charge is 0.407 e. The summed E-state index contributed by atoms with van der Waals surface area (Å²) < 4.78 is 5.46. The van der Waals surface area contributed by atoms with Gasteiger partial charge < -0.3 is 15.0 Å². The first-order chi connectivity index (χ1) is 13.7. The van der Waals surface area contributed by atoms with Gasteiger partial charge in [-0.15, -0.1) is 0 Å². The highest BCUT2D eigenvalue weighted by atomic mass is 16.6. The van der Waals surface area contributed by atoms with E-state index in [-0.39, 0.29) is 36.3 Å². The summed E-state index contributed by atoms with van der Waals surface area (Å²) in [5.41, 5.74) is 2.17. The minimum Gasteiger partial charge on any atom is -0.446 e. The lowest BCUT2D eigenvalue weighted by Crippen LogP contribution is -2.52. The third-order valence-electron chi connectivity index (χ3n) is 6.20. The summed E-state index contributed by atoms with van der Waals surface area (Å²) >= 11 is 0. The van der Waals surface area contributed by atoms with Crippen LogP contribution in [0.2, 0.25) is 0 Å². The van der Waals surface area contributed by atoms with E-state index in [1.165, 1.54) is 4.90 Å². The average molecular weight is 399 g/mol. The molecule has 8 nitrogen and oxygen atoms in total. The Balaban J connectivity index is 1.37. The number of hydrogen-bond acceptors (Lipinski definition) is 5. The van der Waals surface area contributed by atoms with Crippen LogP contribution in [0.5, 0.6) is 0 Å². The highest BCUT2D eigenvalue weighted by Crippen LogP contribution is 2.42. The summed E-state index contributed by atoms with van der Waals surface area (Å²) in [6.07, 6.45) is 1.96. The van der Waals surface area contributed by atoms with Crippen molar-refractivity contribution in [2.75, 3.05) is 0 Å². The van der Waals surface area contributed by atoms with E-state index in [2.05, 4.69) is 24.5 Å². The van der Waals surface area contributed by atoms with E-state index in [1.807, 2.05) is 12.1 Å². The van der Waals surface area contributed by atoms with Crippen molar-refractivity contribution in [3.8, 4) is 0 Å². The summed E-state index contributed by atoms with van der Waals surface area (Å²) in [6, 6.07) is 4.82. The maximum absolute atomic E-state index is 12.8. The molecule has 1 aromatic carbocycles. The Morgan fingerprint density at radius 1 is 1.28 bits per heavy atom. The van der Waals surface area contributed by atoms with Gasteiger partial charge in [-0.3, -0.25) is 19.7 Å². The molecule has 8 heteroatoms. The Morgan fingerprint density at radius 3 is 2.72 bits per heavy atom. The van der Waals surface area contributed by atoms with Crippen LogP contribution in [0, 0.1) is 5.41 Å².